The van der Waals surface area contributed by atoms with Crippen molar-refractivity contribution in [3.63, 3.8) is 0 Å². The summed E-state index contributed by atoms with van der Waals surface area (Å²) in [5.41, 5.74) is 1.21. The minimum atomic E-state index is -4.09. The van der Waals surface area contributed by atoms with E-state index in [1.165, 1.54) is 0 Å². The monoisotopic (exact) mass is 408 g/mol. The summed E-state index contributed by atoms with van der Waals surface area (Å²) in [7, 11) is -4.09. The van der Waals surface area contributed by atoms with Crippen LogP contribution in [0.4, 0.5) is 4.39 Å². The van der Waals surface area contributed by atoms with Crippen LogP contribution < -0.4 is 5.14 Å². The third-order valence-electron chi connectivity index (χ3n) is 3.97. The fourth-order valence-electron chi connectivity index (χ4n) is 2.56. The van der Waals surface area contributed by atoms with Crippen LogP contribution in [0.1, 0.15) is 21.6 Å². The molecule has 0 radical (unpaired) electrons. The number of esters is 1. The van der Waals surface area contributed by atoms with Crippen LogP contribution in [-0.2, 0) is 21.4 Å². The number of carbonyl (C=O) groups excluding carboxylic acids is 1. The Morgan fingerprint density at radius 2 is 1.96 bits per heavy atom. The number of aromatic nitrogens is 1. The standard InChI is InChI=1S/C18H14ClFN2O4S/c1-10-12-4-2-3-5-15(12)22-16(17(10)19)9-26-18(23)13-8-11(27(21,24)25)6-7-14(13)20/h2-8H,9H2,1H3,(H2,21,24,25). The summed E-state index contributed by atoms with van der Waals surface area (Å²) in [6.07, 6.45) is 0. The maximum Gasteiger partial charge on any atom is 0.341 e. The number of primary sulfonamides is 1. The van der Waals surface area contributed by atoms with E-state index >= 15 is 0 Å². The van der Waals surface area contributed by atoms with Gasteiger partial charge in [-0.2, -0.15) is 0 Å². The molecule has 9 heteroatoms. The molecule has 0 atom stereocenters. The lowest BCUT2D eigenvalue weighted by molar-refractivity contribution is 0.0462. The predicted molar refractivity (Wildman–Crippen MR) is 98.4 cm³/mol. The Morgan fingerprint density at radius 1 is 1.26 bits per heavy atom. The quantitative estimate of drug-likeness (QED) is 0.667. The second kappa shape index (κ2) is 7.22. The molecule has 140 valence electrons. The number of sulfonamides is 1. The Kier molecular flexibility index (Phi) is 5.14. The lowest BCUT2D eigenvalue weighted by atomic mass is 10.1. The van der Waals surface area contributed by atoms with E-state index in [1.807, 2.05) is 25.1 Å². The third kappa shape index (κ3) is 3.92. The molecule has 0 bridgehead atoms. The van der Waals surface area contributed by atoms with Crippen LogP contribution >= 0.6 is 11.6 Å². The number of carbonyl (C=O) groups is 1. The first-order chi connectivity index (χ1) is 12.7. The van der Waals surface area contributed by atoms with Crippen molar-refractivity contribution in [3.8, 4) is 0 Å². The summed E-state index contributed by atoms with van der Waals surface area (Å²) in [5, 5.41) is 6.20. The fourth-order valence-corrected chi connectivity index (χ4v) is 3.30. The van der Waals surface area contributed by atoms with Gasteiger partial charge in [0.2, 0.25) is 10.0 Å². The number of hydrogen-bond acceptors (Lipinski definition) is 5. The van der Waals surface area contributed by atoms with Crippen LogP contribution in [0.2, 0.25) is 5.02 Å². The molecule has 0 fully saturated rings. The molecule has 3 aromatic rings. The number of para-hydroxylation sites is 1. The molecule has 2 N–H and O–H groups in total. The molecule has 6 nitrogen and oxygen atoms in total. The zero-order valence-electron chi connectivity index (χ0n) is 14.1. The van der Waals surface area contributed by atoms with Gasteiger partial charge in [0.05, 0.1) is 26.7 Å². The van der Waals surface area contributed by atoms with Crippen LogP contribution in [0.15, 0.2) is 47.4 Å². The number of benzene rings is 2. The molecule has 1 heterocycles. The SMILES string of the molecule is Cc1c(Cl)c(COC(=O)c2cc(S(N)(=O)=O)ccc2F)nc2ccccc12. The number of halogens is 2. The van der Waals surface area contributed by atoms with Crippen molar-refractivity contribution in [3.05, 3.63) is 70.1 Å². The second-order valence-electron chi connectivity index (χ2n) is 5.78. The number of aryl methyl sites for hydroxylation is 1. The lowest BCUT2D eigenvalue weighted by Crippen LogP contribution is -2.15. The first-order valence-electron chi connectivity index (χ1n) is 7.71. The minimum Gasteiger partial charge on any atom is -0.455 e. The predicted octanol–water partition coefficient (Wildman–Crippen LogP) is 3.34. The van der Waals surface area contributed by atoms with Gasteiger partial charge in [-0.1, -0.05) is 29.8 Å². The van der Waals surface area contributed by atoms with Crippen LogP contribution in [-0.4, -0.2) is 19.4 Å². The van der Waals surface area contributed by atoms with Crippen molar-refractivity contribution in [2.75, 3.05) is 0 Å². The van der Waals surface area contributed by atoms with E-state index in [4.69, 9.17) is 21.5 Å². The number of ether oxygens (including phenoxy) is 1. The van der Waals surface area contributed by atoms with Crippen molar-refractivity contribution in [2.24, 2.45) is 5.14 Å². The molecule has 0 aliphatic rings. The van der Waals surface area contributed by atoms with Crippen molar-refractivity contribution >= 4 is 38.5 Å². The molecular formula is C18H14ClFN2O4S. The summed E-state index contributed by atoms with van der Waals surface area (Å²) in [6, 6.07) is 9.95. The number of rotatable bonds is 4. The fraction of sp³-hybridized carbons (Fsp3) is 0.111. The van der Waals surface area contributed by atoms with Crippen LogP contribution in [0.3, 0.4) is 0 Å². The third-order valence-corrected chi connectivity index (χ3v) is 5.38. The summed E-state index contributed by atoms with van der Waals surface area (Å²) < 4.78 is 41.8. The number of hydrogen-bond donors (Lipinski definition) is 1. The van der Waals surface area contributed by atoms with Gasteiger partial charge in [0.25, 0.3) is 0 Å². The highest BCUT2D eigenvalue weighted by molar-refractivity contribution is 7.89. The van der Waals surface area contributed by atoms with E-state index in [1.54, 1.807) is 6.07 Å². The van der Waals surface area contributed by atoms with Gasteiger partial charge in [0, 0.05) is 5.39 Å². The summed E-state index contributed by atoms with van der Waals surface area (Å²) in [6.45, 7) is 1.51. The van der Waals surface area contributed by atoms with Gasteiger partial charge < -0.3 is 4.74 Å². The molecule has 0 unspecified atom stereocenters. The first kappa shape index (κ1) is 19.2. The van der Waals surface area contributed by atoms with Gasteiger partial charge in [0.1, 0.15) is 12.4 Å². The Hall–Kier alpha value is -2.55. The number of pyridine rings is 1. The normalized spacial score (nSPS) is 11.6. The highest BCUT2D eigenvalue weighted by atomic mass is 35.5. The zero-order chi connectivity index (χ0) is 19.8. The Labute approximate surface area is 159 Å². The maximum atomic E-state index is 13.9. The maximum absolute atomic E-state index is 13.9. The van der Waals surface area contributed by atoms with Crippen molar-refractivity contribution in [2.45, 2.75) is 18.4 Å². The van der Waals surface area contributed by atoms with Crippen LogP contribution in [0.25, 0.3) is 10.9 Å². The molecule has 1 aromatic heterocycles. The van der Waals surface area contributed by atoms with E-state index in [0.29, 0.717) is 16.2 Å². The first-order valence-corrected chi connectivity index (χ1v) is 9.64. The molecule has 0 spiro atoms. The number of fused-ring (bicyclic) bond motifs is 1. The highest BCUT2D eigenvalue weighted by Gasteiger charge is 2.19. The topological polar surface area (TPSA) is 99.4 Å². The molecular weight excluding hydrogens is 395 g/mol. The van der Waals surface area contributed by atoms with E-state index in [0.717, 1.165) is 29.1 Å². The van der Waals surface area contributed by atoms with Gasteiger partial charge in [-0.05, 0) is 36.8 Å². The van der Waals surface area contributed by atoms with Crippen molar-refractivity contribution in [1.82, 2.24) is 4.98 Å². The summed E-state index contributed by atoms with van der Waals surface area (Å²) in [4.78, 5) is 16.2. The smallest absolute Gasteiger partial charge is 0.341 e. The van der Waals surface area contributed by atoms with Crippen LogP contribution in [0, 0.1) is 12.7 Å². The van der Waals surface area contributed by atoms with E-state index in [2.05, 4.69) is 4.98 Å². The molecule has 0 aliphatic carbocycles. The van der Waals surface area contributed by atoms with Crippen molar-refractivity contribution < 1.29 is 22.3 Å². The van der Waals surface area contributed by atoms with Crippen molar-refractivity contribution in [1.29, 1.82) is 0 Å². The summed E-state index contributed by atoms with van der Waals surface area (Å²) in [5.74, 6) is -1.98. The van der Waals surface area contributed by atoms with Crippen LogP contribution in [0.5, 0.6) is 0 Å². The average molecular weight is 409 g/mol. The Bertz CT molecular complexity index is 1170. The molecule has 3 rings (SSSR count). The number of nitrogens with two attached hydrogens (primary N) is 1. The molecule has 0 saturated heterocycles. The lowest BCUT2D eigenvalue weighted by Gasteiger charge is -2.11. The van der Waals surface area contributed by atoms with E-state index in [9.17, 15) is 17.6 Å². The minimum absolute atomic E-state index is 0.303. The second-order valence-corrected chi connectivity index (χ2v) is 7.72. The Morgan fingerprint density at radius 3 is 2.67 bits per heavy atom. The van der Waals surface area contributed by atoms with Gasteiger partial charge in [0.15, 0.2) is 0 Å². The highest BCUT2D eigenvalue weighted by Crippen LogP contribution is 2.27. The van der Waals surface area contributed by atoms with Gasteiger partial charge >= 0.3 is 5.97 Å². The summed E-state index contributed by atoms with van der Waals surface area (Å²) >= 11 is 6.29. The largest absolute Gasteiger partial charge is 0.455 e. The van der Waals surface area contributed by atoms with Gasteiger partial charge in [-0.15, -0.1) is 0 Å². The van der Waals surface area contributed by atoms with Gasteiger partial charge in [-0.25, -0.2) is 27.7 Å². The average Bonchev–Trinajstić information content (AvgIpc) is 2.62. The molecule has 2 aromatic carbocycles. The molecule has 0 saturated carbocycles. The molecule has 27 heavy (non-hydrogen) atoms. The molecule has 0 amide bonds. The zero-order valence-corrected chi connectivity index (χ0v) is 15.6. The van der Waals surface area contributed by atoms with Gasteiger partial charge in [-0.3, -0.25) is 0 Å². The molecule has 0 aliphatic heterocycles. The number of nitrogens with zero attached hydrogens (tertiary/aromatic N) is 1. The Balaban J connectivity index is 1.89. The van der Waals surface area contributed by atoms with E-state index in [-0.39, 0.29) is 6.61 Å². The van der Waals surface area contributed by atoms with E-state index < -0.39 is 32.3 Å².